The first-order chi connectivity index (χ1) is 12.0. The van der Waals surface area contributed by atoms with Crippen LogP contribution in [0, 0.1) is 0 Å². The lowest BCUT2D eigenvalue weighted by molar-refractivity contribution is -0.143. The molecule has 126 valence electrons. The molecule has 2 aromatic carbocycles. The van der Waals surface area contributed by atoms with Crippen LogP contribution >= 0.6 is 0 Å². The zero-order valence-corrected chi connectivity index (χ0v) is 14.0. The Morgan fingerprint density at radius 2 is 1.72 bits per heavy atom. The number of aliphatic carboxylic acids is 1. The summed E-state index contributed by atoms with van der Waals surface area (Å²) in [6.07, 6.45) is 2.06. The SMILES string of the molecule is CC1(C(=O)O)CCCc2c1c1ccccc1n2C(=O)c1ccccc1. The van der Waals surface area contributed by atoms with Crippen molar-refractivity contribution in [1.29, 1.82) is 0 Å². The van der Waals surface area contributed by atoms with Gasteiger partial charge in [0.05, 0.1) is 10.9 Å². The minimum atomic E-state index is -0.963. The summed E-state index contributed by atoms with van der Waals surface area (Å²) in [5.41, 5.74) is 2.07. The fourth-order valence-electron chi connectivity index (χ4n) is 4.04. The van der Waals surface area contributed by atoms with Crippen molar-refractivity contribution in [3.8, 4) is 0 Å². The second kappa shape index (κ2) is 5.59. The van der Waals surface area contributed by atoms with Gasteiger partial charge < -0.3 is 5.11 Å². The largest absolute Gasteiger partial charge is 0.481 e. The number of carboxylic acids is 1. The van der Waals surface area contributed by atoms with Crippen LogP contribution in [0.4, 0.5) is 0 Å². The highest BCUT2D eigenvalue weighted by Crippen LogP contribution is 2.43. The number of aromatic nitrogens is 1. The number of benzene rings is 2. The molecule has 0 radical (unpaired) electrons. The smallest absolute Gasteiger partial charge is 0.313 e. The quantitative estimate of drug-likeness (QED) is 0.771. The van der Waals surface area contributed by atoms with E-state index in [-0.39, 0.29) is 5.91 Å². The lowest BCUT2D eigenvalue weighted by Gasteiger charge is -2.30. The highest BCUT2D eigenvalue weighted by atomic mass is 16.4. The topological polar surface area (TPSA) is 59.3 Å². The first kappa shape index (κ1) is 15.6. The van der Waals surface area contributed by atoms with Gasteiger partial charge in [-0.1, -0.05) is 36.4 Å². The average molecular weight is 333 g/mol. The van der Waals surface area contributed by atoms with Gasteiger partial charge in [-0.2, -0.15) is 0 Å². The molecule has 1 aliphatic rings. The molecule has 4 nitrogen and oxygen atoms in total. The molecule has 1 heterocycles. The van der Waals surface area contributed by atoms with Crippen LogP contribution < -0.4 is 0 Å². The second-order valence-corrected chi connectivity index (χ2v) is 6.84. The lowest BCUT2D eigenvalue weighted by Crippen LogP contribution is -2.36. The van der Waals surface area contributed by atoms with Gasteiger partial charge in [0.15, 0.2) is 0 Å². The molecule has 25 heavy (non-hydrogen) atoms. The number of hydrogen-bond donors (Lipinski definition) is 1. The van der Waals surface area contributed by atoms with Crippen LogP contribution in [0.1, 0.15) is 41.4 Å². The molecule has 1 aromatic heterocycles. The van der Waals surface area contributed by atoms with E-state index in [1.165, 1.54) is 0 Å². The Morgan fingerprint density at radius 3 is 2.44 bits per heavy atom. The summed E-state index contributed by atoms with van der Waals surface area (Å²) in [6, 6.07) is 16.8. The van der Waals surface area contributed by atoms with Crippen molar-refractivity contribution in [3.05, 3.63) is 71.4 Å². The van der Waals surface area contributed by atoms with E-state index in [0.29, 0.717) is 18.4 Å². The van der Waals surface area contributed by atoms with Crippen molar-refractivity contribution in [1.82, 2.24) is 4.57 Å². The first-order valence-electron chi connectivity index (χ1n) is 8.50. The molecule has 0 spiro atoms. The molecular weight excluding hydrogens is 314 g/mol. The van der Waals surface area contributed by atoms with Gasteiger partial charge in [-0.05, 0) is 49.9 Å². The molecular formula is C21H19NO3. The number of carbonyl (C=O) groups is 2. The third-order valence-corrected chi connectivity index (χ3v) is 5.31. The van der Waals surface area contributed by atoms with Gasteiger partial charge in [0.25, 0.3) is 5.91 Å². The summed E-state index contributed by atoms with van der Waals surface area (Å²) in [7, 11) is 0. The molecule has 0 saturated carbocycles. The standard InChI is InChI=1S/C21H19NO3/c1-21(20(24)25)13-7-12-17-18(21)15-10-5-6-11-16(15)22(17)19(23)14-8-3-2-4-9-14/h2-6,8-11H,7,12-13H2,1H3,(H,24,25). The van der Waals surface area contributed by atoms with Crippen molar-refractivity contribution in [3.63, 3.8) is 0 Å². The van der Waals surface area contributed by atoms with Crippen LogP contribution in [0.2, 0.25) is 0 Å². The number of fused-ring (bicyclic) bond motifs is 3. The van der Waals surface area contributed by atoms with E-state index < -0.39 is 11.4 Å². The molecule has 4 rings (SSSR count). The van der Waals surface area contributed by atoms with Gasteiger partial charge in [-0.15, -0.1) is 0 Å². The number of rotatable bonds is 2. The van der Waals surface area contributed by atoms with E-state index in [4.69, 9.17) is 0 Å². The van der Waals surface area contributed by atoms with Crippen LogP contribution in [-0.4, -0.2) is 21.6 Å². The van der Waals surface area contributed by atoms with Gasteiger partial charge in [-0.3, -0.25) is 14.2 Å². The van der Waals surface area contributed by atoms with E-state index >= 15 is 0 Å². The highest BCUT2D eigenvalue weighted by Gasteiger charge is 2.43. The highest BCUT2D eigenvalue weighted by molar-refractivity contribution is 6.05. The Labute approximate surface area is 145 Å². The maximum Gasteiger partial charge on any atom is 0.313 e. The molecule has 1 atom stereocenters. The van der Waals surface area contributed by atoms with Gasteiger partial charge in [-0.25, -0.2) is 0 Å². The number of carboxylic acid groups (broad SMARTS) is 1. The van der Waals surface area contributed by atoms with E-state index in [9.17, 15) is 14.7 Å². The lowest BCUT2D eigenvalue weighted by atomic mass is 9.72. The third kappa shape index (κ3) is 2.21. The molecule has 1 N–H and O–H groups in total. The van der Waals surface area contributed by atoms with E-state index in [0.717, 1.165) is 28.6 Å². The molecule has 3 aromatic rings. The monoisotopic (exact) mass is 333 g/mol. The van der Waals surface area contributed by atoms with Crippen molar-refractivity contribution >= 4 is 22.8 Å². The molecule has 1 unspecified atom stereocenters. The van der Waals surface area contributed by atoms with E-state index in [1.54, 1.807) is 23.6 Å². The fourth-order valence-corrected chi connectivity index (χ4v) is 4.04. The van der Waals surface area contributed by atoms with Crippen LogP contribution in [0.25, 0.3) is 10.9 Å². The Kier molecular flexibility index (Phi) is 3.49. The molecule has 0 amide bonds. The summed E-state index contributed by atoms with van der Waals surface area (Å²) >= 11 is 0. The first-order valence-corrected chi connectivity index (χ1v) is 8.50. The van der Waals surface area contributed by atoms with E-state index in [1.807, 2.05) is 42.5 Å². The van der Waals surface area contributed by atoms with Crippen LogP contribution in [-0.2, 0) is 16.6 Å². The third-order valence-electron chi connectivity index (χ3n) is 5.31. The Morgan fingerprint density at radius 1 is 1.04 bits per heavy atom. The average Bonchev–Trinajstić information content (AvgIpc) is 2.97. The van der Waals surface area contributed by atoms with Crippen molar-refractivity contribution in [2.24, 2.45) is 0 Å². The van der Waals surface area contributed by atoms with Gasteiger partial charge in [0.2, 0.25) is 0 Å². The minimum Gasteiger partial charge on any atom is -0.481 e. The Bertz CT molecular complexity index is 987. The maximum absolute atomic E-state index is 13.2. The number of nitrogens with zero attached hydrogens (tertiary/aromatic N) is 1. The summed E-state index contributed by atoms with van der Waals surface area (Å²) in [4.78, 5) is 25.2. The van der Waals surface area contributed by atoms with Crippen LogP contribution in [0.5, 0.6) is 0 Å². The normalized spacial score (nSPS) is 19.6. The molecule has 4 heteroatoms. The number of carbonyl (C=O) groups excluding carboxylic acids is 1. The van der Waals surface area contributed by atoms with Crippen LogP contribution in [0.3, 0.4) is 0 Å². The zero-order valence-electron chi connectivity index (χ0n) is 14.0. The second-order valence-electron chi connectivity index (χ2n) is 6.84. The molecule has 0 aliphatic heterocycles. The summed E-state index contributed by atoms with van der Waals surface area (Å²) in [5, 5.41) is 10.7. The predicted octanol–water partition coefficient (Wildman–Crippen LogP) is 4.01. The van der Waals surface area contributed by atoms with Gasteiger partial charge >= 0.3 is 5.97 Å². The fraction of sp³-hybridized carbons (Fsp3) is 0.238. The van der Waals surface area contributed by atoms with Crippen LogP contribution in [0.15, 0.2) is 54.6 Å². The van der Waals surface area contributed by atoms with Gasteiger partial charge in [0.1, 0.15) is 0 Å². The summed E-state index contributed by atoms with van der Waals surface area (Å²) in [5.74, 6) is -0.934. The summed E-state index contributed by atoms with van der Waals surface area (Å²) in [6.45, 7) is 1.77. The maximum atomic E-state index is 13.2. The summed E-state index contributed by atoms with van der Waals surface area (Å²) < 4.78 is 1.72. The van der Waals surface area contributed by atoms with E-state index in [2.05, 4.69) is 0 Å². The Balaban J connectivity index is 2.04. The Hall–Kier alpha value is -2.88. The molecule has 0 saturated heterocycles. The molecule has 0 fully saturated rings. The van der Waals surface area contributed by atoms with Gasteiger partial charge in [0, 0.05) is 16.6 Å². The predicted molar refractivity (Wildman–Crippen MR) is 96.0 cm³/mol. The number of para-hydroxylation sites is 1. The minimum absolute atomic E-state index is 0.104. The van der Waals surface area contributed by atoms with Crippen molar-refractivity contribution in [2.75, 3.05) is 0 Å². The number of hydrogen-bond acceptors (Lipinski definition) is 2. The molecule has 0 bridgehead atoms. The van der Waals surface area contributed by atoms with Crippen molar-refractivity contribution < 1.29 is 14.7 Å². The molecule has 1 aliphatic carbocycles. The van der Waals surface area contributed by atoms with Crippen molar-refractivity contribution in [2.45, 2.75) is 31.6 Å². The zero-order chi connectivity index (χ0) is 17.6.